The molecule has 2 aliphatic rings. The molecule has 0 aliphatic carbocycles. The molecule has 1 unspecified atom stereocenters. The highest BCUT2D eigenvalue weighted by Gasteiger charge is 2.24. The van der Waals surface area contributed by atoms with E-state index in [4.69, 9.17) is 9.84 Å². The number of aromatic nitrogens is 7. The molecule has 1 fully saturated rings. The summed E-state index contributed by atoms with van der Waals surface area (Å²) in [6, 6.07) is 13.3. The number of benzene rings is 2. The van der Waals surface area contributed by atoms with Crippen LogP contribution in [-0.4, -0.2) is 47.7 Å². The van der Waals surface area contributed by atoms with Crippen LogP contribution in [0.5, 0.6) is 0 Å². The largest absolute Gasteiger partial charge is 0.356 e. The van der Waals surface area contributed by atoms with Crippen LogP contribution in [0.2, 0.25) is 0 Å². The van der Waals surface area contributed by atoms with E-state index in [-0.39, 0.29) is 6.23 Å². The fourth-order valence-corrected chi connectivity index (χ4v) is 5.52. The maximum absolute atomic E-state index is 6.13. The monoisotopic (exact) mass is 508 g/mol. The average Bonchev–Trinajstić information content (AvgIpc) is 3.72. The molecule has 1 saturated heterocycles. The maximum Gasteiger partial charge on any atom is 0.150 e. The minimum absolute atomic E-state index is 0.0715. The summed E-state index contributed by atoms with van der Waals surface area (Å²) in [5.41, 5.74) is 8.52. The van der Waals surface area contributed by atoms with Gasteiger partial charge in [-0.2, -0.15) is 10.2 Å². The fraction of sp³-hybridized carbons (Fsp3) is 0.379. The molecular formula is C29H32N8O. The van der Waals surface area contributed by atoms with Crippen LogP contribution in [-0.2, 0) is 17.7 Å². The van der Waals surface area contributed by atoms with E-state index in [0.717, 1.165) is 84.5 Å². The molecular weight excluding hydrogens is 476 g/mol. The number of nitrogens with zero attached hydrogens (tertiary/aromatic N) is 7. The van der Waals surface area contributed by atoms with Crippen molar-refractivity contribution in [3.05, 3.63) is 66.1 Å². The van der Waals surface area contributed by atoms with Gasteiger partial charge in [-0.05, 0) is 87.0 Å². The van der Waals surface area contributed by atoms with Crippen molar-refractivity contribution in [2.75, 3.05) is 13.2 Å². The molecule has 1 atom stereocenters. The van der Waals surface area contributed by atoms with Gasteiger partial charge in [-0.25, -0.2) is 9.36 Å². The Morgan fingerprint density at radius 3 is 2.82 bits per heavy atom. The van der Waals surface area contributed by atoms with Gasteiger partial charge in [-0.1, -0.05) is 17.3 Å². The Balaban J connectivity index is 1.32. The van der Waals surface area contributed by atoms with Gasteiger partial charge in [0.2, 0.25) is 0 Å². The van der Waals surface area contributed by atoms with E-state index in [1.807, 2.05) is 26.4 Å². The summed E-state index contributed by atoms with van der Waals surface area (Å²) in [6.45, 7) is 6.94. The molecule has 194 valence electrons. The molecule has 9 heteroatoms. The second-order valence-corrected chi connectivity index (χ2v) is 10.6. The van der Waals surface area contributed by atoms with E-state index in [9.17, 15) is 0 Å². The van der Waals surface area contributed by atoms with Crippen molar-refractivity contribution in [2.45, 2.75) is 58.3 Å². The summed E-state index contributed by atoms with van der Waals surface area (Å²) < 4.78 is 12.0. The van der Waals surface area contributed by atoms with Crippen molar-refractivity contribution < 1.29 is 4.74 Å². The van der Waals surface area contributed by atoms with Crippen LogP contribution in [0.25, 0.3) is 39.1 Å². The highest BCUT2D eigenvalue weighted by Crippen LogP contribution is 2.35. The molecule has 5 aromatic rings. The summed E-state index contributed by atoms with van der Waals surface area (Å²) in [4.78, 5) is 0. The summed E-state index contributed by atoms with van der Waals surface area (Å²) in [5, 5.41) is 23.2. The lowest BCUT2D eigenvalue weighted by molar-refractivity contribution is -0.0365. The van der Waals surface area contributed by atoms with Crippen LogP contribution in [0, 0.1) is 0 Å². The van der Waals surface area contributed by atoms with Crippen molar-refractivity contribution in [1.29, 1.82) is 0 Å². The SMILES string of the molecule is CC(C)n1cc(-c2ccc3c(c2)c(-c2cn(-c4ccc5c(c4)CNCC5)nn2)nn3C2CCCCO2)cn1. The predicted molar refractivity (Wildman–Crippen MR) is 146 cm³/mol. The van der Waals surface area contributed by atoms with Crippen LogP contribution in [0.15, 0.2) is 55.0 Å². The van der Waals surface area contributed by atoms with E-state index in [0.29, 0.717) is 6.04 Å². The van der Waals surface area contributed by atoms with Gasteiger partial charge < -0.3 is 10.1 Å². The Bertz CT molecular complexity index is 1600. The second-order valence-electron chi connectivity index (χ2n) is 10.6. The number of ether oxygens (including phenoxy) is 1. The third kappa shape index (κ3) is 4.12. The standard InChI is InChI=1S/C29H32N8O/c1-19(2)35-17-23(16-31-35)21-7-9-27-25(14-21)29(33-37(27)28-5-3-4-12-38-28)26-18-36(34-32-26)24-8-6-20-10-11-30-15-22(20)13-24/h6-9,13-14,16-19,28,30H,3-5,10-12,15H2,1-2H3. The molecule has 0 amide bonds. The van der Waals surface area contributed by atoms with E-state index in [1.165, 1.54) is 11.1 Å². The molecule has 2 aliphatic heterocycles. The number of rotatable bonds is 5. The van der Waals surface area contributed by atoms with Gasteiger partial charge >= 0.3 is 0 Å². The molecule has 0 bridgehead atoms. The Labute approximate surface area is 221 Å². The molecule has 7 rings (SSSR count). The number of hydrogen-bond donors (Lipinski definition) is 1. The van der Waals surface area contributed by atoms with Crippen molar-refractivity contribution in [2.24, 2.45) is 0 Å². The Hall–Kier alpha value is -3.82. The molecule has 9 nitrogen and oxygen atoms in total. The van der Waals surface area contributed by atoms with Gasteiger partial charge in [0.1, 0.15) is 11.4 Å². The molecule has 1 N–H and O–H groups in total. The Morgan fingerprint density at radius 1 is 1.03 bits per heavy atom. The van der Waals surface area contributed by atoms with Crippen molar-refractivity contribution in [1.82, 2.24) is 39.9 Å². The van der Waals surface area contributed by atoms with E-state index in [2.05, 4.69) is 77.2 Å². The molecule has 0 radical (unpaired) electrons. The Kier molecular flexibility index (Phi) is 5.82. The van der Waals surface area contributed by atoms with Gasteiger partial charge in [0.15, 0.2) is 6.23 Å². The first-order chi connectivity index (χ1) is 18.6. The van der Waals surface area contributed by atoms with Crippen LogP contribution in [0.3, 0.4) is 0 Å². The third-order valence-corrected chi connectivity index (χ3v) is 7.68. The zero-order chi connectivity index (χ0) is 25.6. The first kappa shape index (κ1) is 23.3. The zero-order valence-corrected chi connectivity index (χ0v) is 21.8. The van der Waals surface area contributed by atoms with E-state index >= 15 is 0 Å². The molecule has 3 aromatic heterocycles. The van der Waals surface area contributed by atoms with Gasteiger partial charge in [0.25, 0.3) is 0 Å². The molecule has 38 heavy (non-hydrogen) atoms. The van der Waals surface area contributed by atoms with Gasteiger partial charge in [-0.3, -0.25) is 4.68 Å². The molecule has 2 aromatic carbocycles. The van der Waals surface area contributed by atoms with Crippen LogP contribution in [0.1, 0.15) is 56.5 Å². The summed E-state index contributed by atoms with van der Waals surface area (Å²) in [7, 11) is 0. The number of nitrogens with one attached hydrogen (secondary N) is 1. The van der Waals surface area contributed by atoms with Gasteiger partial charge in [0, 0.05) is 36.3 Å². The first-order valence-electron chi connectivity index (χ1n) is 13.6. The zero-order valence-electron chi connectivity index (χ0n) is 21.8. The lowest BCUT2D eigenvalue weighted by Gasteiger charge is -2.23. The van der Waals surface area contributed by atoms with E-state index < -0.39 is 0 Å². The Morgan fingerprint density at radius 2 is 1.97 bits per heavy atom. The fourth-order valence-electron chi connectivity index (χ4n) is 5.52. The summed E-state index contributed by atoms with van der Waals surface area (Å²) in [5.74, 6) is 0. The van der Waals surface area contributed by atoms with E-state index in [1.54, 1.807) is 0 Å². The molecule has 0 saturated carbocycles. The number of fused-ring (bicyclic) bond motifs is 2. The normalized spacial score (nSPS) is 17.8. The topological polar surface area (TPSA) is 87.6 Å². The smallest absolute Gasteiger partial charge is 0.150 e. The lowest BCUT2D eigenvalue weighted by atomic mass is 10.0. The summed E-state index contributed by atoms with van der Waals surface area (Å²) >= 11 is 0. The molecule has 0 spiro atoms. The van der Waals surface area contributed by atoms with Crippen molar-refractivity contribution >= 4 is 10.9 Å². The molecule has 5 heterocycles. The second kappa shape index (κ2) is 9.49. The highest BCUT2D eigenvalue weighted by molar-refractivity contribution is 5.95. The average molecular weight is 509 g/mol. The third-order valence-electron chi connectivity index (χ3n) is 7.68. The van der Waals surface area contributed by atoms with Crippen molar-refractivity contribution in [3.63, 3.8) is 0 Å². The minimum Gasteiger partial charge on any atom is -0.356 e. The first-order valence-corrected chi connectivity index (χ1v) is 13.6. The minimum atomic E-state index is -0.0715. The summed E-state index contributed by atoms with van der Waals surface area (Å²) in [6.07, 6.45) is 10.2. The highest BCUT2D eigenvalue weighted by atomic mass is 16.5. The van der Waals surface area contributed by atoms with Crippen LogP contribution >= 0.6 is 0 Å². The predicted octanol–water partition coefficient (Wildman–Crippen LogP) is 5.07. The number of hydrogen-bond acceptors (Lipinski definition) is 6. The maximum atomic E-state index is 6.13. The lowest BCUT2D eigenvalue weighted by Crippen LogP contribution is -2.23. The van der Waals surface area contributed by atoms with Crippen molar-refractivity contribution in [3.8, 4) is 28.2 Å². The van der Waals surface area contributed by atoms with Gasteiger partial charge in [0.05, 0.1) is 23.6 Å². The van der Waals surface area contributed by atoms with Crippen LogP contribution in [0.4, 0.5) is 0 Å². The quantitative estimate of drug-likeness (QED) is 0.357. The van der Waals surface area contributed by atoms with Gasteiger partial charge in [-0.15, -0.1) is 5.10 Å². The van der Waals surface area contributed by atoms with Crippen LogP contribution < -0.4 is 5.32 Å².